The zero-order chi connectivity index (χ0) is 42.3. The molecule has 0 aromatic rings. The summed E-state index contributed by atoms with van der Waals surface area (Å²) in [6.07, 6.45) is 30.7. The fourth-order valence-corrected chi connectivity index (χ4v) is 6.36. The van der Waals surface area contributed by atoms with Crippen LogP contribution < -0.4 is 10.6 Å². The van der Waals surface area contributed by atoms with Gasteiger partial charge in [0.1, 0.15) is 12.1 Å². The molecule has 56 heavy (non-hydrogen) atoms. The van der Waals surface area contributed by atoms with Crippen LogP contribution in [0.3, 0.4) is 0 Å². The number of allylic oxidation sites excluding steroid dienone is 11. The summed E-state index contributed by atoms with van der Waals surface area (Å²) >= 11 is 0. The molecule has 2 amide bonds. The van der Waals surface area contributed by atoms with Crippen molar-refractivity contribution in [2.24, 2.45) is 11.8 Å². The van der Waals surface area contributed by atoms with Crippen molar-refractivity contribution in [3.63, 3.8) is 0 Å². The molecule has 0 unspecified atom stereocenters. The van der Waals surface area contributed by atoms with E-state index in [0.717, 1.165) is 36.0 Å². The number of hydrogen-bond donors (Lipinski definition) is 2. The molecule has 0 radical (unpaired) electrons. The van der Waals surface area contributed by atoms with Gasteiger partial charge in [0, 0.05) is 32.3 Å². The third-order valence-electron chi connectivity index (χ3n) is 10.1. The molecule has 2 N–H and O–H groups in total. The minimum Gasteiger partial charge on any atom is -0.454 e. The summed E-state index contributed by atoms with van der Waals surface area (Å²) in [5, 5.41) is 5.49. The van der Waals surface area contributed by atoms with Gasteiger partial charge in [0.05, 0.1) is 18.8 Å². The summed E-state index contributed by atoms with van der Waals surface area (Å²) in [7, 11) is 1.30. The van der Waals surface area contributed by atoms with Crippen LogP contribution in [0.15, 0.2) is 107 Å². The number of rotatable bonds is 12. The number of hydrogen-bond acceptors (Lipinski definition) is 7. The van der Waals surface area contributed by atoms with Gasteiger partial charge in [-0.3, -0.25) is 9.59 Å². The lowest BCUT2D eigenvalue weighted by molar-refractivity contribution is -0.144. The molecule has 312 valence electrons. The average Bonchev–Trinajstić information content (AvgIpc) is 3.14. The van der Waals surface area contributed by atoms with Gasteiger partial charge in [-0.25, -0.2) is 4.79 Å². The third kappa shape index (κ3) is 19.8. The fourth-order valence-electron chi connectivity index (χ4n) is 5.34. The van der Waals surface area contributed by atoms with Gasteiger partial charge in [0.15, 0.2) is 8.32 Å². The molecule has 0 aliphatic carbocycles. The molecule has 6 atom stereocenters. The maximum absolute atomic E-state index is 13.5. The first-order chi connectivity index (χ1) is 26.3. The zero-order valence-electron chi connectivity index (χ0n) is 36.5. The van der Waals surface area contributed by atoms with E-state index in [0.29, 0.717) is 12.0 Å². The monoisotopic (exact) mass is 793 g/mol. The molecule has 0 fully saturated rings. The van der Waals surface area contributed by atoms with Crippen molar-refractivity contribution >= 4 is 26.6 Å². The molecule has 0 saturated heterocycles. The number of esters is 1. The quantitative estimate of drug-likeness (QED) is 0.0878. The molecule has 0 aromatic heterocycles. The number of ether oxygens (including phenoxy) is 3. The largest absolute Gasteiger partial charge is 0.454 e. The van der Waals surface area contributed by atoms with Crippen LogP contribution in [0, 0.1) is 11.8 Å². The van der Waals surface area contributed by atoms with Crippen LogP contribution in [-0.4, -0.2) is 78.3 Å². The van der Waals surface area contributed by atoms with Crippen molar-refractivity contribution in [2.75, 3.05) is 27.4 Å². The number of cyclic esters (lactones) is 1. The lowest BCUT2D eigenvalue weighted by Crippen LogP contribution is -2.50. The molecule has 0 saturated carbocycles. The van der Waals surface area contributed by atoms with E-state index in [-0.39, 0.29) is 54.1 Å². The van der Waals surface area contributed by atoms with E-state index < -0.39 is 20.5 Å². The first-order valence-corrected chi connectivity index (χ1v) is 22.7. The Morgan fingerprint density at radius 3 is 2.27 bits per heavy atom. The predicted molar refractivity (Wildman–Crippen MR) is 234 cm³/mol. The summed E-state index contributed by atoms with van der Waals surface area (Å²) in [6, 6.07) is -0.802. The number of nitrogens with one attached hydrogen (secondary N) is 2. The van der Waals surface area contributed by atoms with Crippen molar-refractivity contribution in [2.45, 2.75) is 124 Å². The van der Waals surface area contributed by atoms with E-state index in [1.54, 1.807) is 21.1 Å². The highest BCUT2D eigenvalue weighted by molar-refractivity contribution is 6.74. The summed E-state index contributed by atoms with van der Waals surface area (Å²) in [4.78, 5) is 37.9. The number of carbonyl (C=O) groups is 3. The van der Waals surface area contributed by atoms with Crippen molar-refractivity contribution in [3.8, 4) is 0 Å². The van der Waals surface area contributed by atoms with E-state index in [1.807, 2.05) is 77.2 Å². The SMILES string of the molecule is CO[C@@H]1/C=C(C)/C=C/[C@@H](C)/C=C(\C)C(=O)O[C@H](/C(C)=C/C=C(\C)CNC(=O)[C@H](CO[Si](C)(C)C(C)(C)C)NC=O)[C@@H](C)/C=C/C=C/[C@@H](OC)CC/C=C\C=C\C1. The summed E-state index contributed by atoms with van der Waals surface area (Å²) in [5.41, 5.74) is 3.32. The van der Waals surface area contributed by atoms with Gasteiger partial charge in [-0.05, 0) is 76.6 Å². The minimum absolute atomic E-state index is 0.00510. The van der Waals surface area contributed by atoms with E-state index in [2.05, 4.69) is 87.0 Å². The molecule has 1 rings (SSSR count). The second-order valence-electron chi connectivity index (χ2n) is 16.2. The highest BCUT2D eigenvalue weighted by Gasteiger charge is 2.38. The van der Waals surface area contributed by atoms with Gasteiger partial charge in [0.25, 0.3) is 0 Å². The van der Waals surface area contributed by atoms with E-state index in [4.69, 9.17) is 18.6 Å². The molecule has 10 heteroatoms. The second-order valence-corrected chi connectivity index (χ2v) is 21.0. The molecule has 0 spiro atoms. The van der Waals surface area contributed by atoms with Crippen LogP contribution >= 0.6 is 0 Å². The topological polar surface area (TPSA) is 112 Å². The number of methoxy groups -OCH3 is 2. The Morgan fingerprint density at radius 2 is 1.62 bits per heavy atom. The fraction of sp³-hybridized carbons (Fsp3) is 0.543. The Balaban J connectivity index is 3.33. The second kappa shape index (κ2) is 26.2. The number of carbonyl (C=O) groups excluding carboxylic acids is 3. The molecule has 1 aliphatic heterocycles. The predicted octanol–water partition coefficient (Wildman–Crippen LogP) is 9.20. The van der Waals surface area contributed by atoms with Gasteiger partial charge in [-0.2, -0.15) is 0 Å². The molecule has 0 bridgehead atoms. The van der Waals surface area contributed by atoms with Crippen LogP contribution in [0.5, 0.6) is 0 Å². The Kier molecular flexibility index (Phi) is 23.4. The minimum atomic E-state index is -2.12. The van der Waals surface area contributed by atoms with Gasteiger partial charge < -0.3 is 29.3 Å². The summed E-state index contributed by atoms with van der Waals surface area (Å²) < 4.78 is 23.7. The highest BCUT2D eigenvalue weighted by Crippen LogP contribution is 2.36. The summed E-state index contributed by atoms with van der Waals surface area (Å²) in [5.74, 6) is -0.870. The number of amides is 2. The lowest BCUT2D eigenvalue weighted by atomic mass is 9.96. The van der Waals surface area contributed by atoms with Gasteiger partial charge in [0.2, 0.25) is 12.3 Å². The van der Waals surface area contributed by atoms with E-state index in [1.165, 1.54) is 0 Å². The van der Waals surface area contributed by atoms with Crippen LogP contribution in [0.25, 0.3) is 0 Å². The zero-order valence-corrected chi connectivity index (χ0v) is 37.5. The standard InChI is InChI=1S/C46H72N2O7Si/c1-34-25-26-35(2)30-41(53-11)24-18-16-14-15-17-22-40(52-10)23-20-19-21-37(4)43(55-45(51)39(6)29-34)38(5)28-27-36(3)31-47-44(50)42(48-33-49)32-54-56(12,13)46(7,8)9/h14-16,18-21,23,25-30,33-34,37,40-43H,17,22,24,31-32H2,1-13H3,(H,47,50)(H,48,49)/b15-14-,18-16+,21-19+,23-20+,26-25+,35-30+,36-27+,38-28+,39-29+/t34-,37+,40+,41+,42+,43+/m1/s1. The van der Waals surface area contributed by atoms with Crippen molar-refractivity contribution in [3.05, 3.63) is 107 Å². The van der Waals surface area contributed by atoms with Crippen LogP contribution in [-0.2, 0) is 33.0 Å². The Morgan fingerprint density at radius 1 is 0.964 bits per heavy atom. The van der Waals surface area contributed by atoms with Gasteiger partial charge in [-0.15, -0.1) is 0 Å². The highest BCUT2D eigenvalue weighted by atomic mass is 28.4. The normalized spacial score (nSPS) is 28.4. The van der Waals surface area contributed by atoms with Crippen LogP contribution in [0.4, 0.5) is 0 Å². The molecular formula is C46H72N2O7Si. The van der Waals surface area contributed by atoms with E-state index in [9.17, 15) is 14.4 Å². The van der Waals surface area contributed by atoms with Crippen LogP contribution in [0.1, 0.15) is 81.6 Å². The Hall–Kier alpha value is -3.83. The van der Waals surface area contributed by atoms with Gasteiger partial charge in [-0.1, -0.05) is 131 Å². The third-order valence-corrected chi connectivity index (χ3v) is 14.6. The van der Waals surface area contributed by atoms with Crippen LogP contribution in [0.2, 0.25) is 18.1 Å². The van der Waals surface area contributed by atoms with Crippen molar-refractivity contribution in [1.29, 1.82) is 0 Å². The average molecular weight is 793 g/mol. The lowest BCUT2D eigenvalue weighted by Gasteiger charge is -2.37. The molecule has 1 aliphatic rings. The Labute approximate surface area is 339 Å². The maximum Gasteiger partial charge on any atom is 0.334 e. The van der Waals surface area contributed by atoms with E-state index >= 15 is 0 Å². The molecule has 9 nitrogen and oxygen atoms in total. The van der Waals surface area contributed by atoms with Gasteiger partial charge >= 0.3 is 5.97 Å². The van der Waals surface area contributed by atoms with Crippen molar-refractivity contribution < 1.29 is 33.0 Å². The molecule has 0 aromatic carbocycles. The molecule has 1 heterocycles. The smallest absolute Gasteiger partial charge is 0.334 e. The summed E-state index contributed by atoms with van der Waals surface area (Å²) in [6.45, 7) is 22.7. The molecular weight excluding hydrogens is 721 g/mol. The van der Waals surface area contributed by atoms with Crippen molar-refractivity contribution in [1.82, 2.24) is 10.6 Å². The maximum atomic E-state index is 13.5. The first kappa shape index (κ1) is 50.2. The first-order valence-electron chi connectivity index (χ1n) is 19.8. The Bertz CT molecular complexity index is 1520.